The molecule has 2 aromatic carbocycles. The molecule has 1 aliphatic rings. The van der Waals surface area contributed by atoms with Crippen molar-refractivity contribution in [2.45, 2.75) is 13.0 Å². The first kappa shape index (κ1) is 22.9. The minimum atomic E-state index is -1.08. The predicted molar refractivity (Wildman–Crippen MR) is 134 cm³/mol. The van der Waals surface area contributed by atoms with Gasteiger partial charge in [0.2, 0.25) is 0 Å². The highest BCUT2D eigenvalue weighted by atomic mass is 79.9. The number of benzene rings is 2. The zero-order chi connectivity index (χ0) is 24.9. The third-order valence-corrected chi connectivity index (χ3v) is 7.58. The molecule has 1 saturated heterocycles. The number of amides is 1. The second-order valence-electron chi connectivity index (χ2n) is 7.87. The summed E-state index contributed by atoms with van der Waals surface area (Å²) >= 11 is 4.51. The van der Waals surface area contributed by atoms with E-state index in [0.717, 1.165) is 21.4 Å². The van der Waals surface area contributed by atoms with Crippen molar-refractivity contribution in [3.8, 4) is 0 Å². The Morgan fingerprint density at radius 1 is 1.06 bits per heavy atom. The van der Waals surface area contributed by atoms with Gasteiger partial charge >= 0.3 is 11.9 Å². The number of nitrogens with zero attached hydrogens (tertiary/aromatic N) is 3. The van der Waals surface area contributed by atoms with Crippen LogP contribution in [0.1, 0.15) is 33.2 Å². The maximum Gasteiger partial charge on any atom is 0.335 e. The van der Waals surface area contributed by atoms with Crippen molar-refractivity contribution in [1.82, 2.24) is 9.97 Å². The fourth-order valence-corrected chi connectivity index (χ4v) is 5.22. The smallest absolute Gasteiger partial charge is 0.335 e. The SMILES string of the molecule is Cc1cc(/C(O)=C2\C(=O)C(=O)N(c3nc4ccc(C(=O)O)cc4s3)C2c2ccccn2)ccc1Br. The molecule has 1 atom stereocenters. The summed E-state index contributed by atoms with van der Waals surface area (Å²) < 4.78 is 1.39. The fourth-order valence-electron chi connectivity index (χ4n) is 3.94. The van der Waals surface area contributed by atoms with Crippen LogP contribution in [-0.4, -0.2) is 37.8 Å². The summed E-state index contributed by atoms with van der Waals surface area (Å²) in [5.41, 5.74) is 2.09. The minimum Gasteiger partial charge on any atom is -0.507 e. The molecule has 0 saturated carbocycles. The van der Waals surface area contributed by atoms with E-state index in [0.29, 0.717) is 21.5 Å². The standard InChI is InChI=1S/C25H16BrN3O5S/c1-12-10-13(5-7-15(12)26)21(30)19-20(17-4-2-3-9-27-17)29(23(32)22(19)31)25-28-16-8-6-14(24(33)34)11-18(16)35-25/h2-11,20,30H,1H3,(H,33,34)/b21-19+. The van der Waals surface area contributed by atoms with Crippen molar-refractivity contribution in [2.24, 2.45) is 0 Å². The molecule has 0 bridgehead atoms. The van der Waals surface area contributed by atoms with Crippen molar-refractivity contribution < 1.29 is 24.6 Å². The van der Waals surface area contributed by atoms with Crippen molar-refractivity contribution in [3.63, 3.8) is 0 Å². The molecule has 3 heterocycles. The number of Topliss-reactive ketones (excluding diaryl/α,β-unsaturated/α-hetero) is 1. The Hall–Kier alpha value is -3.89. The highest BCUT2D eigenvalue weighted by molar-refractivity contribution is 9.10. The third-order valence-electron chi connectivity index (χ3n) is 5.67. The van der Waals surface area contributed by atoms with Gasteiger partial charge in [0, 0.05) is 16.2 Å². The summed E-state index contributed by atoms with van der Waals surface area (Å²) in [7, 11) is 0. The van der Waals surface area contributed by atoms with E-state index in [-0.39, 0.29) is 22.0 Å². The number of pyridine rings is 1. The van der Waals surface area contributed by atoms with Gasteiger partial charge in [-0.05, 0) is 55.0 Å². The maximum absolute atomic E-state index is 13.3. The number of ketones is 1. The average Bonchev–Trinajstić information content (AvgIpc) is 3.38. The largest absolute Gasteiger partial charge is 0.507 e. The maximum atomic E-state index is 13.3. The van der Waals surface area contributed by atoms with Crippen molar-refractivity contribution in [2.75, 3.05) is 4.90 Å². The first-order valence-corrected chi connectivity index (χ1v) is 12.0. The van der Waals surface area contributed by atoms with Crippen LogP contribution in [0.3, 0.4) is 0 Å². The molecular formula is C25H16BrN3O5S. The number of fused-ring (bicyclic) bond motifs is 1. The molecule has 2 N–H and O–H groups in total. The lowest BCUT2D eigenvalue weighted by molar-refractivity contribution is -0.132. The summed E-state index contributed by atoms with van der Waals surface area (Å²) in [6, 6.07) is 13.7. The van der Waals surface area contributed by atoms with E-state index >= 15 is 0 Å². The summed E-state index contributed by atoms with van der Waals surface area (Å²) in [4.78, 5) is 48.0. The molecule has 10 heteroatoms. The van der Waals surface area contributed by atoms with Gasteiger partial charge < -0.3 is 10.2 Å². The Bertz CT molecular complexity index is 1560. The number of aromatic carboxylic acids is 1. The molecule has 8 nitrogen and oxygen atoms in total. The first-order chi connectivity index (χ1) is 16.8. The van der Waals surface area contributed by atoms with Gasteiger partial charge in [-0.2, -0.15) is 0 Å². The second kappa shape index (κ2) is 8.71. The lowest BCUT2D eigenvalue weighted by Crippen LogP contribution is -2.29. The summed E-state index contributed by atoms with van der Waals surface area (Å²) in [6.45, 7) is 1.85. The number of carboxylic acid groups (broad SMARTS) is 1. The minimum absolute atomic E-state index is 0.0849. The Balaban J connectivity index is 1.71. The number of hydrogen-bond donors (Lipinski definition) is 2. The molecule has 174 valence electrons. The van der Waals surface area contributed by atoms with Crippen molar-refractivity contribution in [1.29, 1.82) is 0 Å². The van der Waals surface area contributed by atoms with Gasteiger partial charge in [-0.3, -0.25) is 19.5 Å². The van der Waals surface area contributed by atoms with Gasteiger partial charge in [-0.25, -0.2) is 9.78 Å². The van der Waals surface area contributed by atoms with Crippen LogP contribution in [0.5, 0.6) is 0 Å². The molecule has 0 radical (unpaired) electrons. The summed E-state index contributed by atoms with van der Waals surface area (Å²) in [5.74, 6) is -3.11. The normalized spacial score (nSPS) is 17.3. The lowest BCUT2D eigenvalue weighted by Gasteiger charge is -2.22. The molecule has 1 amide bonds. The van der Waals surface area contributed by atoms with Crippen LogP contribution in [0.25, 0.3) is 16.0 Å². The predicted octanol–water partition coefficient (Wildman–Crippen LogP) is 5.09. The number of hydrogen-bond acceptors (Lipinski definition) is 7. The van der Waals surface area contributed by atoms with Gasteiger partial charge in [0.1, 0.15) is 11.8 Å². The number of aryl methyl sites for hydroxylation is 1. The fraction of sp³-hybridized carbons (Fsp3) is 0.0800. The van der Waals surface area contributed by atoms with Gasteiger partial charge in [0.15, 0.2) is 5.13 Å². The van der Waals surface area contributed by atoms with Crippen LogP contribution >= 0.6 is 27.3 Å². The Labute approximate surface area is 211 Å². The summed E-state index contributed by atoms with van der Waals surface area (Å²) in [6.07, 6.45) is 1.54. The highest BCUT2D eigenvalue weighted by Gasteiger charge is 2.48. The number of thiazole rings is 1. The van der Waals surface area contributed by atoms with Crippen LogP contribution in [0.2, 0.25) is 0 Å². The number of aliphatic hydroxyl groups is 1. The molecule has 4 aromatic rings. The van der Waals surface area contributed by atoms with E-state index in [1.807, 2.05) is 6.92 Å². The number of carboxylic acids is 1. The highest BCUT2D eigenvalue weighted by Crippen LogP contribution is 2.44. The monoisotopic (exact) mass is 549 g/mol. The summed E-state index contributed by atoms with van der Waals surface area (Å²) in [5, 5.41) is 20.7. The average molecular weight is 550 g/mol. The molecule has 35 heavy (non-hydrogen) atoms. The number of carbonyl (C=O) groups is 3. The van der Waals surface area contributed by atoms with E-state index in [4.69, 9.17) is 0 Å². The molecule has 1 unspecified atom stereocenters. The quantitative estimate of drug-likeness (QED) is 0.206. The number of rotatable bonds is 4. The molecule has 1 aliphatic heterocycles. The zero-order valence-corrected chi connectivity index (χ0v) is 20.5. The number of aromatic nitrogens is 2. The van der Waals surface area contributed by atoms with E-state index < -0.39 is 23.7 Å². The number of halogens is 1. The van der Waals surface area contributed by atoms with Crippen LogP contribution in [-0.2, 0) is 9.59 Å². The molecule has 1 fully saturated rings. The van der Waals surface area contributed by atoms with Gasteiger partial charge in [0.25, 0.3) is 5.78 Å². The number of aliphatic hydroxyl groups excluding tert-OH is 1. The van der Waals surface area contributed by atoms with E-state index in [2.05, 4.69) is 25.9 Å². The topological polar surface area (TPSA) is 121 Å². The van der Waals surface area contributed by atoms with Crippen LogP contribution < -0.4 is 4.90 Å². The Morgan fingerprint density at radius 3 is 2.51 bits per heavy atom. The van der Waals surface area contributed by atoms with Gasteiger partial charge in [-0.15, -0.1) is 0 Å². The number of anilines is 1. The van der Waals surface area contributed by atoms with Crippen molar-refractivity contribution >= 4 is 66.0 Å². The van der Waals surface area contributed by atoms with Crippen molar-refractivity contribution in [3.05, 3.63) is 93.2 Å². The zero-order valence-electron chi connectivity index (χ0n) is 18.1. The Morgan fingerprint density at radius 2 is 1.83 bits per heavy atom. The van der Waals surface area contributed by atoms with E-state index in [9.17, 15) is 24.6 Å². The van der Waals surface area contributed by atoms with Gasteiger partial charge in [0.05, 0.1) is 27.0 Å². The lowest BCUT2D eigenvalue weighted by atomic mass is 9.98. The molecule has 0 spiro atoms. The van der Waals surface area contributed by atoms with E-state index in [1.165, 1.54) is 23.2 Å². The Kier molecular flexibility index (Phi) is 5.70. The van der Waals surface area contributed by atoms with E-state index in [1.54, 1.807) is 42.5 Å². The molecular weight excluding hydrogens is 534 g/mol. The van der Waals surface area contributed by atoms with Gasteiger partial charge in [-0.1, -0.05) is 39.4 Å². The first-order valence-electron chi connectivity index (χ1n) is 10.4. The van der Waals surface area contributed by atoms with Crippen LogP contribution in [0.4, 0.5) is 5.13 Å². The molecule has 0 aliphatic carbocycles. The second-order valence-corrected chi connectivity index (χ2v) is 9.74. The number of carbonyl (C=O) groups excluding carboxylic acids is 2. The van der Waals surface area contributed by atoms with Crippen LogP contribution in [0.15, 0.2) is 70.8 Å². The van der Waals surface area contributed by atoms with Crippen LogP contribution in [0, 0.1) is 6.92 Å². The molecule has 2 aromatic heterocycles. The molecule has 5 rings (SSSR count). The third kappa shape index (κ3) is 3.90.